The van der Waals surface area contributed by atoms with E-state index in [2.05, 4.69) is 19.9 Å². The summed E-state index contributed by atoms with van der Waals surface area (Å²) in [4.78, 5) is 19.1. The first-order valence-electron chi connectivity index (χ1n) is 9.00. The molecule has 144 valence electrons. The monoisotopic (exact) mass is 380 g/mol. The average molecular weight is 380 g/mol. The second-order valence-electron chi connectivity index (χ2n) is 6.65. The van der Waals surface area contributed by atoms with Crippen molar-refractivity contribution in [1.29, 1.82) is 0 Å². The van der Waals surface area contributed by atoms with E-state index in [9.17, 15) is 15.2 Å². The van der Waals surface area contributed by atoms with Crippen LogP contribution in [0.1, 0.15) is 0 Å². The molecule has 9 nitrogen and oxygen atoms in total. The zero-order valence-corrected chi connectivity index (χ0v) is 15.2. The number of nitro groups is 1. The Kier molecular flexibility index (Phi) is 4.90. The Morgan fingerprint density at radius 3 is 2.43 bits per heavy atom. The van der Waals surface area contributed by atoms with Gasteiger partial charge in [0.05, 0.1) is 17.3 Å². The fraction of sp³-hybridized carbons (Fsp3) is 0.263. The van der Waals surface area contributed by atoms with Crippen molar-refractivity contribution in [2.45, 2.75) is 6.67 Å². The fourth-order valence-electron chi connectivity index (χ4n) is 3.29. The summed E-state index contributed by atoms with van der Waals surface area (Å²) in [5.74, 6) is 0.850. The van der Waals surface area contributed by atoms with Crippen LogP contribution in [0.4, 0.5) is 11.4 Å². The minimum Gasteiger partial charge on any atom is -0.506 e. The van der Waals surface area contributed by atoms with Crippen LogP contribution in [0.3, 0.4) is 0 Å². The summed E-state index contributed by atoms with van der Waals surface area (Å²) in [6, 6.07) is 13.6. The zero-order valence-electron chi connectivity index (χ0n) is 15.2. The summed E-state index contributed by atoms with van der Waals surface area (Å²) in [7, 11) is 0. The second kappa shape index (κ2) is 7.65. The van der Waals surface area contributed by atoms with Crippen LogP contribution in [-0.4, -0.2) is 55.9 Å². The molecular formula is C19H20N6O3. The van der Waals surface area contributed by atoms with Gasteiger partial charge in [0.15, 0.2) is 5.82 Å². The maximum Gasteiger partial charge on any atom is 0.269 e. The van der Waals surface area contributed by atoms with Crippen molar-refractivity contribution in [2.75, 3.05) is 31.1 Å². The van der Waals surface area contributed by atoms with Crippen molar-refractivity contribution in [3.63, 3.8) is 0 Å². The van der Waals surface area contributed by atoms with Gasteiger partial charge in [-0.3, -0.25) is 15.0 Å². The number of rotatable bonds is 5. The molecule has 0 saturated carbocycles. The number of phenols is 1. The number of phenolic OH excluding ortho intramolecular Hbond substituents is 1. The van der Waals surface area contributed by atoms with Crippen LogP contribution >= 0.6 is 0 Å². The number of hydrogen-bond acceptors (Lipinski definition) is 7. The van der Waals surface area contributed by atoms with Crippen LogP contribution < -0.4 is 4.90 Å². The van der Waals surface area contributed by atoms with Gasteiger partial charge in [0, 0.05) is 43.9 Å². The molecule has 1 aromatic heterocycles. The van der Waals surface area contributed by atoms with Crippen LogP contribution in [0, 0.1) is 10.1 Å². The summed E-state index contributed by atoms with van der Waals surface area (Å²) in [6.45, 7) is 3.96. The van der Waals surface area contributed by atoms with Gasteiger partial charge in [-0.05, 0) is 24.3 Å². The van der Waals surface area contributed by atoms with E-state index in [0.717, 1.165) is 37.4 Å². The normalized spacial score (nSPS) is 14.9. The number of nitro benzene ring substituents is 1. The molecule has 1 N–H and O–H groups in total. The summed E-state index contributed by atoms with van der Waals surface area (Å²) in [5, 5.41) is 25.2. The van der Waals surface area contributed by atoms with E-state index in [-0.39, 0.29) is 5.69 Å². The smallest absolute Gasteiger partial charge is 0.269 e. The van der Waals surface area contributed by atoms with Gasteiger partial charge in [0.2, 0.25) is 0 Å². The lowest BCUT2D eigenvalue weighted by atomic mass is 10.2. The van der Waals surface area contributed by atoms with E-state index in [4.69, 9.17) is 0 Å². The van der Waals surface area contributed by atoms with E-state index < -0.39 is 4.92 Å². The molecule has 1 aliphatic rings. The van der Waals surface area contributed by atoms with Crippen molar-refractivity contribution < 1.29 is 10.0 Å². The number of hydrogen-bond donors (Lipinski definition) is 1. The molecule has 0 spiro atoms. The number of para-hydroxylation sites is 2. The molecule has 1 aliphatic heterocycles. The Bertz CT molecular complexity index is 964. The highest BCUT2D eigenvalue weighted by Gasteiger charge is 2.19. The molecule has 3 aromatic rings. The summed E-state index contributed by atoms with van der Waals surface area (Å²) in [5.41, 5.74) is 1.66. The van der Waals surface area contributed by atoms with Crippen molar-refractivity contribution in [3.8, 4) is 17.1 Å². The number of aromatic hydroxyl groups is 1. The lowest BCUT2D eigenvalue weighted by molar-refractivity contribution is -0.384. The molecule has 0 bridgehead atoms. The molecule has 0 atom stereocenters. The fourth-order valence-corrected chi connectivity index (χ4v) is 3.29. The third-order valence-electron chi connectivity index (χ3n) is 4.81. The molecule has 1 fully saturated rings. The number of non-ortho nitro benzene ring substituents is 1. The molecule has 2 heterocycles. The quantitative estimate of drug-likeness (QED) is 0.535. The summed E-state index contributed by atoms with van der Waals surface area (Å²) >= 11 is 0. The van der Waals surface area contributed by atoms with E-state index in [0.29, 0.717) is 18.2 Å². The zero-order chi connectivity index (χ0) is 19.5. The molecule has 2 aromatic carbocycles. The Labute approximate surface area is 161 Å². The van der Waals surface area contributed by atoms with E-state index >= 15 is 0 Å². The van der Waals surface area contributed by atoms with Gasteiger partial charge in [-0.25, -0.2) is 9.67 Å². The Morgan fingerprint density at radius 2 is 1.75 bits per heavy atom. The van der Waals surface area contributed by atoms with Crippen LogP contribution in [0.5, 0.6) is 5.75 Å². The van der Waals surface area contributed by atoms with Gasteiger partial charge >= 0.3 is 0 Å². The molecule has 28 heavy (non-hydrogen) atoms. The van der Waals surface area contributed by atoms with Gasteiger partial charge in [0.25, 0.3) is 5.69 Å². The highest BCUT2D eigenvalue weighted by molar-refractivity contribution is 5.58. The first-order valence-corrected chi connectivity index (χ1v) is 9.00. The number of benzene rings is 2. The summed E-state index contributed by atoms with van der Waals surface area (Å²) < 4.78 is 1.77. The van der Waals surface area contributed by atoms with E-state index in [1.165, 1.54) is 12.1 Å². The van der Waals surface area contributed by atoms with Crippen LogP contribution in [0.25, 0.3) is 11.4 Å². The first kappa shape index (κ1) is 17.9. The average Bonchev–Trinajstić information content (AvgIpc) is 3.18. The predicted molar refractivity (Wildman–Crippen MR) is 104 cm³/mol. The highest BCUT2D eigenvalue weighted by Crippen LogP contribution is 2.27. The third-order valence-corrected chi connectivity index (χ3v) is 4.81. The van der Waals surface area contributed by atoms with Gasteiger partial charge in [0.1, 0.15) is 12.1 Å². The van der Waals surface area contributed by atoms with E-state index in [1.807, 2.05) is 18.2 Å². The number of piperazine rings is 1. The predicted octanol–water partition coefficient (Wildman–Crippen LogP) is 2.34. The number of nitrogens with zero attached hydrogens (tertiary/aromatic N) is 6. The van der Waals surface area contributed by atoms with Crippen molar-refractivity contribution in [3.05, 3.63) is 65.0 Å². The minimum absolute atomic E-state index is 0.0468. The molecule has 4 rings (SSSR count). The van der Waals surface area contributed by atoms with Gasteiger partial charge in [-0.15, -0.1) is 5.10 Å². The maximum absolute atomic E-state index is 10.8. The molecular weight excluding hydrogens is 360 g/mol. The van der Waals surface area contributed by atoms with Gasteiger partial charge in [-0.1, -0.05) is 12.1 Å². The lowest BCUT2D eigenvalue weighted by Crippen LogP contribution is -2.46. The molecule has 0 aliphatic carbocycles. The van der Waals surface area contributed by atoms with E-state index in [1.54, 1.807) is 29.2 Å². The molecule has 1 saturated heterocycles. The Balaban J connectivity index is 1.36. The van der Waals surface area contributed by atoms with Crippen LogP contribution in [0.2, 0.25) is 0 Å². The molecule has 0 unspecified atom stereocenters. The molecule has 0 amide bonds. The Hall–Kier alpha value is -3.46. The van der Waals surface area contributed by atoms with Crippen molar-refractivity contribution in [1.82, 2.24) is 19.7 Å². The first-order chi connectivity index (χ1) is 13.6. The maximum atomic E-state index is 10.8. The highest BCUT2D eigenvalue weighted by atomic mass is 16.6. The Morgan fingerprint density at radius 1 is 1.04 bits per heavy atom. The second-order valence-corrected chi connectivity index (χ2v) is 6.65. The SMILES string of the molecule is O=[N+]([O-])c1ccc(-c2ncn(CN3CCN(c4ccccc4O)CC3)n2)cc1. The van der Waals surface area contributed by atoms with Crippen LogP contribution in [0.15, 0.2) is 54.9 Å². The van der Waals surface area contributed by atoms with Crippen molar-refractivity contribution >= 4 is 11.4 Å². The lowest BCUT2D eigenvalue weighted by Gasteiger charge is -2.36. The minimum atomic E-state index is -0.426. The molecule has 0 radical (unpaired) electrons. The number of aromatic nitrogens is 3. The largest absolute Gasteiger partial charge is 0.506 e. The van der Waals surface area contributed by atoms with Crippen molar-refractivity contribution in [2.24, 2.45) is 0 Å². The van der Waals surface area contributed by atoms with Gasteiger partial charge in [-0.2, -0.15) is 0 Å². The third kappa shape index (κ3) is 3.79. The van der Waals surface area contributed by atoms with Crippen LogP contribution in [-0.2, 0) is 6.67 Å². The topological polar surface area (TPSA) is 101 Å². The summed E-state index contributed by atoms with van der Waals surface area (Å²) in [6.07, 6.45) is 1.67. The molecule has 9 heteroatoms. The number of anilines is 1. The standard InChI is InChI=1S/C19H20N6O3/c26-18-4-2-1-3-17(18)23-11-9-22(10-12-23)14-24-13-20-19(21-24)15-5-7-16(8-6-15)25(27)28/h1-8,13,26H,9-12,14H2. The van der Waals surface area contributed by atoms with Gasteiger partial charge < -0.3 is 10.0 Å².